The van der Waals surface area contributed by atoms with Crippen molar-refractivity contribution in [2.24, 2.45) is 11.8 Å². The quantitative estimate of drug-likeness (QED) is 0.616. The summed E-state index contributed by atoms with van der Waals surface area (Å²) >= 11 is 0. The van der Waals surface area contributed by atoms with Crippen LogP contribution in [0.25, 0.3) is 0 Å². The topological polar surface area (TPSA) is 82.1 Å². The summed E-state index contributed by atoms with van der Waals surface area (Å²) in [5, 5.41) is 0. The molecule has 1 aliphatic rings. The molecule has 1 heterocycles. The van der Waals surface area contributed by atoms with E-state index in [2.05, 4.69) is 13.8 Å². The van der Waals surface area contributed by atoms with Crippen molar-refractivity contribution in [3.8, 4) is 0 Å². The fraction of sp³-hybridized carbons (Fsp3) is 0.833. The molecule has 7 nitrogen and oxygen atoms in total. The van der Waals surface area contributed by atoms with Gasteiger partial charge in [0, 0.05) is 19.7 Å². The molecule has 0 bridgehead atoms. The Bertz CT molecular complexity index is 456. The highest BCUT2D eigenvalue weighted by molar-refractivity contribution is 5.84. The van der Waals surface area contributed by atoms with Crippen molar-refractivity contribution in [2.45, 2.75) is 59.2 Å². The summed E-state index contributed by atoms with van der Waals surface area (Å²) in [7, 11) is 1.37. The van der Waals surface area contributed by atoms with Crippen LogP contribution < -0.4 is 0 Å². The molecule has 1 amide bonds. The van der Waals surface area contributed by atoms with Gasteiger partial charge in [0.2, 0.25) is 0 Å². The fourth-order valence-corrected chi connectivity index (χ4v) is 2.63. The van der Waals surface area contributed by atoms with Gasteiger partial charge in [0.05, 0.1) is 13.0 Å². The van der Waals surface area contributed by atoms with Gasteiger partial charge in [-0.15, -0.1) is 0 Å². The molecule has 0 aromatic heterocycles. The van der Waals surface area contributed by atoms with Crippen molar-refractivity contribution in [3.63, 3.8) is 0 Å². The van der Waals surface area contributed by atoms with Gasteiger partial charge in [-0.2, -0.15) is 0 Å². The summed E-state index contributed by atoms with van der Waals surface area (Å²) in [6, 6.07) is 0. The number of nitrogens with zero attached hydrogens (tertiary/aromatic N) is 1. The normalized spacial score (nSPS) is 17.9. The summed E-state index contributed by atoms with van der Waals surface area (Å²) in [5.41, 5.74) is 0. The number of likely N-dealkylation sites (tertiary alicyclic amines) is 1. The van der Waals surface area contributed by atoms with E-state index >= 15 is 0 Å². The molecule has 0 spiro atoms. The van der Waals surface area contributed by atoms with E-state index in [1.807, 2.05) is 0 Å². The van der Waals surface area contributed by atoms with Gasteiger partial charge in [-0.25, -0.2) is 4.79 Å². The molecule has 1 fully saturated rings. The number of ether oxygens (including phenoxy) is 3. The van der Waals surface area contributed by atoms with E-state index in [0.717, 1.165) is 6.42 Å². The van der Waals surface area contributed by atoms with Crippen LogP contribution in [0.1, 0.15) is 47.0 Å². The maximum atomic E-state index is 12.4. The second-order valence-corrected chi connectivity index (χ2v) is 6.90. The van der Waals surface area contributed by atoms with Crippen molar-refractivity contribution in [2.75, 3.05) is 26.8 Å². The smallest absolute Gasteiger partial charge is 0.335 e. The van der Waals surface area contributed by atoms with Gasteiger partial charge < -0.3 is 19.1 Å². The minimum Gasteiger partial charge on any atom is -0.469 e. The van der Waals surface area contributed by atoms with E-state index in [-0.39, 0.29) is 17.8 Å². The average Bonchev–Trinajstić information content (AvgIpc) is 2.59. The van der Waals surface area contributed by atoms with Crippen LogP contribution in [-0.2, 0) is 28.6 Å². The number of hydrogen-bond acceptors (Lipinski definition) is 6. The molecule has 7 heteroatoms. The van der Waals surface area contributed by atoms with Gasteiger partial charge in [0.1, 0.15) is 0 Å². The fourth-order valence-electron chi connectivity index (χ4n) is 2.63. The van der Waals surface area contributed by atoms with E-state index in [0.29, 0.717) is 38.5 Å². The maximum Gasteiger partial charge on any atom is 0.335 e. The molecule has 0 radical (unpaired) electrons. The summed E-state index contributed by atoms with van der Waals surface area (Å²) < 4.78 is 15.4. The number of hydrogen-bond donors (Lipinski definition) is 0. The third-order valence-corrected chi connectivity index (χ3v) is 4.38. The highest BCUT2D eigenvalue weighted by Gasteiger charge is 2.31. The van der Waals surface area contributed by atoms with E-state index in [9.17, 15) is 14.4 Å². The Balaban J connectivity index is 2.38. The number of amides is 1. The van der Waals surface area contributed by atoms with Gasteiger partial charge in [0.25, 0.3) is 5.91 Å². The van der Waals surface area contributed by atoms with E-state index in [1.165, 1.54) is 7.11 Å². The molecule has 0 aliphatic carbocycles. The zero-order chi connectivity index (χ0) is 19.0. The molecule has 1 saturated heterocycles. The molecule has 0 aromatic rings. The molecule has 1 aliphatic heterocycles. The summed E-state index contributed by atoms with van der Waals surface area (Å²) in [5.74, 6) is -0.683. The standard InChI is InChI=1S/C18H31NO6/c1-12(2)8-11-24-14(4)17(21)25-13(3)16(20)19-9-6-15(7-10-19)18(22)23-5/h12-15H,6-11H2,1-5H3. The first-order chi connectivity index (χ1) is 11.8. The molecular formula is C18H31NO6. The molecule has 2 unspecified atom stereocenters. The highest BCUT2D eigenvalue weighted by Crippen LogP contribution is 2.19. The van der Waals surface area contributed by atoms with Crippen molar-refractivity contribution >= 4 is 17.8 Å². The lowest BCUT2D eigenvalue weighted by Crippen LogP contribution is -2.46. The van der Waals surface area contributed by atoms with Crippen molar-refractivity contribution in [3.05, 3.63) is 0 Å². The average molecular weight is 357 g/mol. The second kappa shape index (κ2) is 10.4. The van der Waals surface area contributed by atoms with Crippen LogP contribution in [0.15, 0.2) is 0 Å². The molecule has 0 N–H and O–H groups in total. The molecule has 1 rings (SSSR count). The Morgan fingerprint density at radius 2 is 1.64 bits per heavy atom. The Kier molecular flexibility index (Phi) is 8.89. The Morgan fingerprint density at radius 1 is 1.04 bits per heavy atom. The van der Waals surface area contributed by atoms with Crippen molar-refractivity contribution in [1.82, 2.24) is 4.90 Å². The number of esters is 2. The minimum atomic E-state index is -0.863. The van der Waals surface area contributed by atoms with Crippen LogP contribution in [0.5, 0.6) is 0 Å². The predicted molar refractivity (Wildman–Crippen MR) is 91.7 cm³/mol. The van der Waals surface area contributed by atoms with Crippen LogP contribution in [0, 0.1) is 11.8 Å². The number of rotatable bonds is 8. The lowest BCUT2D eigenvalue weighted by molar-refractivity contribution is -0.168. The SMILES string of the molecule is COC(=O)C1CCN(C(=O)C(C)OC(=O)C(C)OCCC(C)C)CC1. The number of carbonyl (C=O) groups excluding carboxylic acids is 3. The monoisotopic (exact) mass is 357 g/mol. The first kappa shape index (κ1) is 21.4. The van der Waals surface area contributed by atoms with E-state index < -0.39 is 18.2 Å². The largest absolute Gasteiger partial charge is 0.469 e. The minimum absolute atomic E-state index is 0.165. The van der Waals surface area contributed by atoms with Crippen LogP contribution in [-0.4, -0.2) is 61.8 Å². The number of carbonyl (C=O) groups is 3. The Morgan fingerprint density at radius 3 is 2.16 bits per heavy atom. The third-order valence-electron chi connectivity index (χ3n) is 4.38. The van der Waals surface area contributed by atoms with Gasteiger partial charge in [0.15, 0.2) is 12.2 Å². The molecule has 0 saturated carbocycles. The van der Waals surface area contributed by atoms with Crippen molar-refractivity contribution in [1.29, 1.82) is 0 Å². The molecule has 2 atom stereocenters. The van der Waals surface area contributed by atoms with Crippen LogP contribution in [0.2, 0.25) is 0 Å². The van der Waals surface area contributed by atoms with E-state index in [1.54, 1.807) is 18.7 Å². The zero-order valence-corrected chi connectivity index (χ0v) is 15.9. The Hall–Kier alpha value is -1.63. The summed E-state index contributed by atoms with van der Waals surface area (Å²) in [6.45, 7) is 8.75. The summed E-state index contributed by atoms with van der Waals surface area (Å²) in [4.78, 5) is 37.6. The molecule has 0 aromatic carbocycles. The Labute approximate surface area is 150 Å². The second-order valence-electron chi connectivity index (χ2n) is 6.90. The zero-order valence-electron chi connectivity index (χ0n) is 15.9. The van der Waals surface area contributed by atoms with Crippen LogP contribution in [0.3, 0.4) is 0 Å². The lowest BCUT2D eigenvalue weighted by atomic mass is 9.97. The number of piperidine rings is 1. The van der Waals surface area contributed by atoms with Gasteiger partial charge in [-0.3, -0.25) is 9.59 Å². The number of methoxy groups -OCH3 is 1. The first-order valence-corrected chi connectivity index (χ1v) is 8.95. The van der Waals surface area contributed by atoms with Gasteiger partial charge >= 0.3 is 11.9 Å². The van der Waals surface area contributed by atoms with Gasteiger partial charge in [-0.05, 0) is 39.0 Å². The highest BCUT2D eigenvalue weighted by atomic mass is 16.6. The van der Waals surface area contributed by atoms with Crippen LogP contribution in [0.4, 0.5) is 0 Å². The molecule has 144 valence electrons. The first-order valence-electron chi connectivity index (χ1n) is 8.95. The predicted octanol–water partition coefficient (Wildman–Crippen LogP) is 1.78. The lowest BCUT2D eigenvalue weighted by Gasteiger charge is -2.32. The summed E-state index contributed by atoms with van der Waals surface area (Å²) in [6.07, 6.45) is 0.431. The van der Waals surface area contributed by atoms with Crippen molar-refractivity contribution < 1.29 is 28.6 Å². The third kappa shape index (κ3) is 7.02. The molecule has 25 heavy (non-hydrogen) atoms. The maximum absolute atomic E-state index is 12.4. The van der Waals surface area contributed by atoms with Crippen LogP contribution >= 0.6 is 0 Å². The molecular weight excluding hydrogens is 326 g/mol. The van der Waals surface area contributed by atoms with Gasteiger partial charge in [-0.1, -0.05) is 13.8 Å². The van der Waals surface area contributed by atoms with E-state index in [4.69, 9.17) is 14.2 Å².